The summed E-state index contributed by atoms with van der Waals surface area (Å²) in [5.41, 5.74) is 3.30. The summed E-state index contributed by atoms with van der Waals surface area (Å²) < 4.78 is 11.8. The summed E-state index contributed by atoms with van der Waals surface area (Å²) in [5, 5.41) is 3.54. The summed E-state index contributed by atoms with van der Waals surface area (Å²) in [4.78, 5) is 0. The Hall–Kier alpha value is -1.52. The van der Waals surface area contributed by atoms with Gasteiger partial charge in [-0.25, -0.2) is 0 Å². The molecule has 0 aromatic heterocycles. The first-order valence-electron chi connectivity index (χ1n) is 6.80. The summed E-state index contributed by atoms with van der Waals surface area (Å²) in [6.45, 7) is 2.65. The first kappa shape index (κ1) is 15.9. The van der Waals surface area contributed by atoms with Crippen LogP contribution in [0.15, 0.2) is 46.9 Å². The molecule has 2 aromatic rings. The minimum atomic E-state index is 0.0741. The van der Waals surface area contributed by atoms with E-state index in [1.165, 1.54) is 5.56 Å². The fourth-order valence-electron chi connectivity index (χ4n) is 2.31. The molecule has 0 radical (unpaired) electrons. The zero-order chi connectivity index (χ0) is 15.2. The van der Waals surface area contributed by atoms with Crippen LogP contribution < -0.4 is 10.1 Å². The van der Waals surface area contributed by atoms with Crippen LogP contribution in [0.1, 0.15) is 17.2 Å². The highest BCUT2D eigenvalue weighted by molar-refractivity contribution is 9.10. The van der Waals surface area contributed by atoms with E-state index in [2.05, 4.69) is 46.4 Å². The molecule has 0 spiro atoms. The van der Waals surface area contributed by atoms with Crippen molar-refractivity contribution in [3.8, 4) is 5.75 Å². The first-order valence-corrected chi connectivity index (χ1v) is 7.59. The summed E-state index contributed by atoms with van der Waals surface area (Å²) in [7, 11) is 3.39. The SMILES string of the molecule is COCC(Nc1c(C)cc(Br)cc1OC)c1ccccc1. The van der Waals surface area contributed by atoms with E-state index in [-0.39, 0.29) is 6.04 Å². The van der Waals surface area contributed by atoms with E-state index in [4.69, 9.17) is 9.47 Å². The Labute approximate surface area is 134 Å². The van der Waals surface area contributed by atoms with Crippen molar-refractivity contribution in [2.24, 2.45) is 0 Å². The molecule has 0 heterocycles. The Bertz CT molecular complexity index is 587. The third-order valence-electron chi connectivity index (χ3n) is 3.34. The van der Waals surface area contributed by atoms with Gasteiger partial charge in [0.25, 0.3) is 0 Å². The summed E-state index contributed by atoms with van der Waals surface area (Å²) in [5.74, 6) is 0.818. The van der Waals surface area contributed by atoms with E-state index in [0.29, 0.717) is 6.61 Å². The van der Waals surface area contributed by atoms with Gasteiger partial charge in [0.05, 0.1) is 25.4 Å². The molecule has 0 saturated carbocycles. The highest BCUT2D eigenvalue weighted by Crippen LogP contribution is 2.34. The van der Waals surface area contributed by atoms with E-state index in [1.807, 2.05) is 24.3 Å². The van der Waals surface area contributed by atoms with Gasteiger partial charge in [-0.05, 0) is 30.2 Å². The maximum absolute atomic E-state index is 5.49. The minimum Gasteiger partial charge on any atom is -0.495 e. The van der Waals surface area contributed by atoms with Crippen molar-refractivity contribution in [1.82, 2.24) is 0 Å². The first-order chi connectivity index (χ1) is 10.2. The molecule has 21 heavy (non-hydrogen) atoms. The number of halogens is 1. The Balaban J connectivity index is 2.33. The number of ether oxygens (including phenoxy) is 2. The van der Waals surface area contributed by atoms with E-state index in [1.54, 1.807) is 14.2 Å². The molecule has 1 unspecified atom stereocenters. The number of aryl methyl sites for hydroxylation is 1. The summed E-state index contributed by atoms with van der Waals surface area (Å²) >= 11 is 3.50. The van der Waals surface area contributed by atoms with Gasteiger partial charge in [-0.1, -0.05) is 46.3 Å². The van der Waals surface area contributed by atoms with Gasteiger partial charge in [-0.2, -0.15) is 0 Å². The van der Waals surface area contributed by atoms with Crippen LogP contribution in [-0.4, -0.2) is 20.8 Å². The molecule has 4 heteroatoms. The Morgan fingerprint density at radius 3 is 2.48 bits per heavy atom. The van der Waals surface area contributed by atoms with E-state index in [0.717, 1.165) is 21.5 Å². The number of benzene rings is 2. The van der Waals surface area contributed by atoms with Gasteiger partial charge in [0.1, 0.15) is 5.75 Å². The zero-order valence-corrected chi connectivity index (χ0v) is 14.1. The second kappa shape index (κ2) is 7.48. The number of methoxy groups -OCH3 is 2. The molecule has 0 aliphatic rings. The molecule has 1 atom stereocenters. The van der Waals surface area contributed by atoms with E-state index in [9.17, 15) is 0 Å². The topological polar surface area (TPSA) is 30.5 Å². The molecule has 0 aliphatic heterocycles. The lowest BCUT2D eigenvalue weighted by Gasteiger charge is -2.23. The smallest absolute Gasteiger partial charge is 0.143 e. The lowest BCUT2D eigenvalue weighted by molar-refractivity contribution is 0.186. The van der Waals surface area contributed by atoms with Gasteiger partial charge >= 0.3 is 0 Å². The molecular formula is C17H20BrNO2. The van der Waals surface area contributed by atoms with Crippen molar-refractivity contribution in [2.45, 2.75) is 13.0 Å². The monoisotopic (exact) mass is 349 g/mol. The predicted molar refractivity (Wildman–Crippen MR) is 90.1 cm³/mol. The normalized spacial score (nSPS) is 12.0. The van der Waals surface area contributed by atoms with Crippen LogP contribution in [-0.2, 0) is 4.74 Å². The van der Waals surface area contributed by atoms with Gasteiger partial charge in [-0.3, -0.25) is 0 Å². The third-order valence-corrected chi connectivity index (χ3v) is 3.80. The second-order valence-corrected chi connectivity index (χ2v) is 5.78. The van der Waals surface area contributed by atoms with Crippen LogP contribution in [0.4, 0.5) is 5.69 Å². The zero-order valence-electron chi connectivity index (χ0n) is 12.5. The fourth-order valence-corrected chi connectivity index (χ4v) is 2.86. The van der Waals surface area contributed by atoms with E-state index >= 15 is 0 Å². The second-order valence-electron chi connectivity index (χ2n) is 4.86. The van der Waals surface area contributed by atoms with Crippen LogP contribution in [0.25, 0.3) is 0 Å². The lowest BCUT2D eigenvalue weighted by atomic mass is 10.1. The van der Waals surface area contributed by atoms with Crippen molar-refractivity contribution in [1.29, 1.82) is 0 Å². The van der Waals surface area contributed by atoms with Gasteiger partial charge in [0, 0.05) is 11.6 Å². The number of rotatable bonds is 6. The molecule has 2 aromatic carbocycles. The molecule has 0 bridgehead atoms. The van der Waals surface area contributed by atoms with Crippen molar-refractivity contribution in [2.75, 3.05) is 26.1 Å². The predicted octanol–water partition coefficient (Wildman–Crippen LogP) is 4.57. The van der Waals surface area contributed by atoms with Gasteiger partial charge < -0.3 is 14.8 Å². The van der Waals surface area contributed by atoms with Crippen LogP contribution in [0.5, 0.6) is 5.75 Å². The van der Waals surface area contributed by atoms with Crippen molar-refractivity contribution in [3.05, 3.63) is 58.1 Å². The number of hydrogen-bond acceptors (Lipinski definition) is 3. The van der Waals surface area contributed by atoms with Crippen LogP contribution in [0, 0.1) is 6.92 Å². The molecule has 0 saturated heterocycles. The standard InChI is InChI=1S/C17H20BrNO2/c1-12-9-14(18)10-16(21-3)17(12)19-15(11-20-2)13-7-5-4-6-8-13/h4-10,15,19H,11H2,1-3H3. The fraction of sp³-hybridized carbons (Fsp3) is 0.294. The summed E-state index contributed by atoms with van der Waals surface area (Å²) in [6, 6.07) is 14.4. The summed E-state index contributed by atoms with van der Waals surface area (Å²) in [6.07, 6.45) is 0. The van der Waals surface area contributed by atoms with Crippen molar-refractivity contribution < 1.29 is 9.47 Å². The maximum Gasteiger partial charge on any atom is 0.143 e. The average molecular weight is 350 g/mol. The van der Waals surface area contributed by atoms with Gasteiger partial charge in [-0.15, -0.1) is 0 Å². The Morgan fingerprint density at radius 1 is 1.14 bits per heavy atom. The van der Waals surface area contributed by atoms with Crippen LogP contribution >= 0.6 is 15.9 Å². The Morgan fingerprint density at radius 2 is 1.86 bits per heavy atom. The minimum absolute atomic E-state index is 0.0741. The number of anilines is 1. The van der Waals surface area contributed by atoms with Gasteiger partial charge in [0.15, 0.2) is 0 Å². The number of hydrogen-bond donors (Lipinski definition) is 1. The molecule has 3 nitrogen and oxygen atoms in total. The van der Waals surface area contributed by atoms with Crippen LogP contribution in [0.3, 0.4) is 0 Å². The highest BCUT2D eigenvalue weighted by atomic mass is 79.9. The van der Waals surface area contributed by atoms with Crippen molar-refractivity contribution >= 4 is 21.6 Å². The van der Waals surface area contributed by atoms with Crippen LogP contribution in [0.2, 0.25) is 0 Å². The van der Waals surface area contributed by atoms with E-state index < -0.39 is 0 Å². The average Bonchev–Trinajstić information content (AvgIpc) is 2.49. The molecule has 0 amide bonds. The highest BCUT2D eigenvalue weighted by Gasteiger charge is 2.15. The molecular weight excluding hydrogens is 330 g/mol. The molecule has 0 aliphatic carbocycles. The molecule has 2 rings (SSSR count). The largest absolute Gasteiger partial charge is 0.495 e. The lowest BCUT2D eigenvalue weighted by Crippen LogP contribution is -2.17. The number of nitrogens with one attached hydrogen (secondary N) is 1. The van der Waals surface area contributed by atoms with Crippen molar-refractivity contribution in [3.63, 3.8) is 0 Å². The molecule has 112 valence electrons. The molecule has 0 fully saturated rings. The third kappa shape index (κ3) is 3.99. The van der Waals surface area contributed by atoms with Gasteiger partial charge in [0.2, 0.25) is 0 Å². The quantitative estimate of drug-likeness (QED) is 0.828. The molecule has 1 N–H and O–H groups in total. The Kier molecular flexibility index (Phi) is 5.65. The maximum atomic E-state index is 5.49.